The summed E-state index contributed by atoms with van der Waals surface area (Å²) in [7, 11) is 0. The van der Waals surface area contributed by atoms with Crippen LogP contribution in [0.4, 0.5) is 14.9 Å². The van der Waals surface area contributed by atoms with Crippen molar-refractivity contribution in [2.75, 3.05) is 11.9 Å². The van der Waals surface area contributed by atoms with E-state index >= 15 is 0 Å². The molecule has 1 amide bonds. The van der Waals surface area contributed by atoms with Gasteiger partial charge in [-0.15, -0.1) is 11.3 Å². The van der Waals surface area contributed by atoms with Crippen molar-refractivity contribution < 1.29 is 23.5 Å². The zero-order valence-corrected chi connectivity index (χ0v) is 24.1. The number of thiophene rings is 1. The van der Waals surface area contributed by atoms with Gasteiger partial charge in [0.25, 0.3) is 0 Å². The average Bonchev–Trinajstić information content (AvgIpc) is 3.66. The van der Waals surface area contributed by atoms with Gasteiger partial charge in [0.05, 0.1) is 31.9 Å². The highest BCUT2D eigenvalue weighted by Crippen LogP contribution is 2.49. The minimum absolute atomic E-state index is 0.149. The Kier molecular flexibility index (Phi) is 8.17. The molecule has 40 heavy (non-hydrogen) atoms. The third-order valence-electron chi connectivity index (χ3n) is 6.96. The number of nitrogens with one attached hydrogen (secondary N) is 1. The van der Waals surface area contributed by atoms with Gasteiger partial charge in [0.15, 0.2) is 0 Å². The minimum atomic E-state index is -0.691. The highest BCUT2D eigenvalue weighted by Gasteiger charge is 2.52. The van der Waals surface area contributed by atoms with Gasteiger partial charge in [-0.05, 0) is 67.1 Å². The van der Waals surface area contributed by atoms with E-state index in [1.54, 1.807) is 13.0 Å². The summed E-state index contributed by atoms with van der Waals surface area (Å²) in [5.41, 5.74) is 4.42. The number of esters is 1. The van der Waals surface area contributed by atoms with Crippen LogP contribution in [0, 0.1) is 5.82 Å². The largest absolute Gasteiger partial charge is 0.465 e. The molecule has 206 valence electrons. The van der Waals surface area contributed by atoms with Crippen molar-refractivity contribution in [3.8, 4) is 21.6 Å². The quantitative estimate of drug-likeness (QED) is 0.205. The Labute approximate surface area is 245 Å². The molecule has 1 fully saturated rings. The van der Waals surface area contributed by atoms with Gasteiger partial charge in [-0.1, -0.05) is 77.8 Å². The number of amides is 1. The average molecular weight is 599 g/mol. The second kappa shape index (κ2) is 11.6. The molecule has 1 N–H and O–H groups in total. The second-order valence-corrected chi connectivity index (χ2v) is 11.7. The number of hydrogen-bond acceptors (Lipinski definition) is 5. The lowest BCUT2D eigenvalue weighted by Crippen LogP contribution is -2.23. The smallest absolute Gasteiger partial charge is 0.412 e. The number of carbonyl (C=O) groups excluding carboxylic acids is 2. The molecule has 1 aliphatic rings. The van der Waals surface area contributed by atoms with E-state index in [1.807, 2.05) is 55.5 Å². The van der Waals surface area contributed by atoms with E-state index < -0.39 is 23.4 Å². The number of anilines is 1. The van der Waals surface area contributed by atoms with Crippen molar-refractivity contribution in [1.82, 2.24) is 0 Å². The molecule has 0 spiro atoms. The molecule has 1 aromatic heterocycles. The maximum atomic E-state index is 13.4. The second-order valence-electron chi connectivity index (χ2n) is 9.59. The normalized spacial score (nSPS) is 14.3. The molecule has 1 aliphatic carbocycles. The van der Waals surface area contributed by atoms with Gasteiger partial charge in [0.1, 0.15) is 11.9 Å². The first-order chi connectivity index (χ1) is 19.2. The fraction of sp³-hybridized carbons (Fsp3) is 0.226. The Balaban J connectivity index is 1.28. The topological polar surface area (TPSA) is 64.6 Å². The van der Waals surface area contributed by atoms with Crippen LogP contribution in [-0.2, 0) is 19.7 Å². The van der Waals surface area contributed by atoms with Gasteiger partial charge in [-0.2, -0.15) is 0 Å². The number of rotatable bonds is 8. The van der Waals surface area contributed by atoms with Crippen LogP contribution in [0.15, 0.2) is 72.8 Å². The molecule has 1 heterocycles. The Morgan fingerprint density at radius 2 is 1.60 bits per heavy atom. The lowest BCUT2D eigenvalue weighted by Gasteiger charge is -2.16. The number of hydrogen-bond donors (Lipinski definition) is 1. The van der Waals surface area contributed by atoms with E-state index in [1.165, 1.54) is 29.5 Å². The van der Waals surface area contributed by atoms with Crippen molar-refractivity contribution in [3.63, 3.8) is 0 Å². The van der Waals surface area contributed by atoms with Gasteiger partial charge in [-0.3, -0.25) is 10.1 Å². The summed E-state index contributed by atoms with van der Waals surface area (Å²) in [6.45, 7) is 3.86. The first-order valence-electron chi connectivity index (χ1n) is 12.8. The molecule has 1 saturated carbocycles. The van der Waals surface area contributed by atoms with Crippen molar-refractivity contribution in [3.05, 3.63) is 99.1 Å². The maximum Gasteiger partial charge on any atom is 0.412 e. The number of carbonyl (C=O) groups is 2. The highest BCUT2D eigenvalue weighted by atomic mass is 35.5. The lowest BCUT2D eigenvalue weighted by molar-refractivity contribution is -0.146. The predicted molar refractivity (Wildman–Crippen MR) is 158 cm³/mol. The third kappa shape index (κ3) is 5.87. The highest BCUT2D eigenvalue weighted by molar-refractivity contribution is 7.20. The molecule has 0 aliphatic heterocycles. The van der Waals surface area contributed by atoms with E-state index in [4.69, 9.17) is 32.7 Å². The zero-order valence-electron chi connectivity index (χ0n) is 21.8. The van der Waals surface area contributed by atoms with Crippen LogP contribution < -0.4 is 5.32 Å². The molecule has 3 aromatic carbocycles. The first kappa shape index (κ1) is 28.1. The van der Waals surface area contributed by atoms with Gasteiger partial charge in [0.2, 0.25) is 0 Å². The van der Waals surface area contributed by atoms with E-state index in [0.29, 0.717) is 22.2 Å². The summed E-state index contributed by atoms with van der Waals surface area (Å²) in [6, 6.07) is 21.6. The zero-order chi connectivity index (χ0) is 28.4. The molecule has 0 radical (unpaired) electrons. The van der Waals surface area contributed by atoms with Gasteiger partial charge >= 0.3 is 12.1 Å². The Morgan fingerprint density at radius 1 is 0.975 bits per heavy atom. The standard InChI is InChI=1S/C31H26Cl2FNO4S/c1-3-38-29(36)31(14-15-31)22-10-8-20(9-11-22)19-4-6-21(7-5-19)28-26(17-27(33)40-28)35-30(37)39-18(2)24-13-12-23(34)16-25(24)32/h4-13,16-18H,3,14-15H2,1-2H3,(H,35,37)/t18-/m1/s1. The van der Waals surface area contributed by atoms with Crippen LogP contribution in [0.2, 0.25) is 9.36 Å². The molecule has 5 nitrogen and oxygen atoms in total. The SMILES string of the molecule is CCOC(=O)C1(c2ccc(-c3ccc(-c4sc(Cl)cc4NC(=O)O[C@H](C)c4ccc(F)cc4Cl)cc3)cc2)CC1. The minimum Gasteiger partial charge on any atom is -0.465 e. The van der Waals surface area contributed by atoms with Crippen LogP contribution >= 0.6 is 34.5 Å². The van der Waals surface area contributed by atoms with Crippen molar-refractivity contribution in [2.24, 2.45) is 0 Å². The summed E-state index contributed by atoms with van der Waals surface area (Å²) in [6.07, 6.45) is 0.248. The van der Waals surface area contributed by atoms with Gasteiger partial charge in [-0.25, -0.2) is 9.18 Å². The third-order valence-corrected chi connectivity index (χ3v) is 8.60. The maximum absolute atomic E-state index is 13.4. The van der Waals surface area contributed by atoms with E-state index in [2.05, 4.69) is 5.32 Å². The summed E-state index contributed by atoms with van der Waals surface area (Å²) < 4.78 is 24.6. The van der Waals surface area contributed by atoms with Crippen molar-refractivity contribution >= 4 is 52.3 Å². The summed E-state index contributed by atoms with van der Waals surface area (Å²) in [4.78, 5) is 25.9. The first-order valence-corrected chi connectivity index (χ1v) is 14.4. The Hall–Kier alpha value is -3.39. The van der Waals surface area contributed by atoms with E-state index in [9.17, 15) is 14.0 Å². The monoisotopic (exact) mass is 597 g/mol. The van der Waals surface area contributed by atoms with Gasteiger partial charge < -0.3 is 9.47 Å². The lowest BCUT2D eigenvalue weighted by atomic mass is 9.93. The number of halogens is 3. The van der Waals surface area contributed by atoms with Crippen LogP contribution in [-0.4, -0.2) is 18.7 Å². The summed E-state index contributed by atoms with van der Waals surface area (Å²) in [5.74, 6) is -0.615. The fourth-order valence-electron chi connectivity index (χ4n) is 4.66. The molecule has 0 saturated heterocycles. The molecular weight excluding hydrogens is 572 g/mol. The van der Waals surface area contributed by atoms with Crippen molar-refractivity contribution in [1.29, 1.82) is 0 Å². The Morgan fingerprint density at radius 3 is 2.20 bits per heavy atom. The molecule has 4 aromatic rings. The fourth-order valence-corrected chi connectivity index (χ4v) is 6.17. The van der Waals surface area contributed by atoms with Crippen LogP contribution in [0.5, 0.6) is 0 Å². The van der Waals surface area contributed by atoms with E-state index in [-0.39, 0.29) is 11.0 Å². The molecule has 0 unspecified atom stereocenters. The van der Waals surface area contributed by atoms with Crippen LogP contribution in [0.25, 0.3) is 21.6 Å². The van der Waals surface area contributed by atoms with Crippen LogP contribution in [0.3, 0.4) is 0 Å². The number of ether oxygens (including phenoxy) is 2. The Bertz CT molecular complexity index is 1550. The molecule has 5 rings (SSSR count). The summed E-state index contributed by atoms with van der Waals surface area (Å²) >= 11 is 13.7. The molecule has 1 atom stereocenters. The predicted octanol–water partition coefficient (Wildman–Crippen LogP) is 9.43. The molecular formula is C31H26Cl2FNO4S. The number of benzene rings is 3. The molecule has 9 heteroatoms. The van der Waals surface area contributed by atoms with Crippen molar-refractivity contribution in [2.45, 2.75) is 38.2 Å². The van der Waals surface area contributed by atoms with Crippen LogP contribution in [0.1, 0.15) is 43.9 Å². The van der Waals surface area contributed by atoms with E-state index in [0.717, 1.165) is 40.0 Å². The molecule has 0 bridgehead atoms. The summed E-state index contributed by atoms with van der Waals surface area (Å²) in [5, 5.41) is 2.94. The van der Waals surface area contributed by atoms with Gasteiger partial charge in [0, 0.05) is 5.56 Å².